The van der Waals surface area contributed by atoms with E-state index in [4.69, 9.17) is 4.74 Å². The summed E-state index contributed by atoms with van der Waals surface area (Å²) in [4.78, 5) is 3.47. The van der Waals surface area contributed by atoms with Crippen LogP contribution in [0, 0.1) is 0 Å². The Kier molecular flexibility index (Phi) is 3.13. The summed E-state index contributed by atoms with van der Waals surface area (Å²) in [5, 5.41) is 0.975. The van der Waals surface area contributed by atoms with Crippen LogP contribution < -0.4 is 4.90 Å². The lowest BCUT2D eigenvalue weighted by molar-refractivity contribution is 0.271. The van der Waals surface area contributed by atoms with E-state index in [1.165, 1.54) is 33.0 Å². The molecule has 24 heavy (non-hydrogen) atoms. The van der Waals surface area contributed by atoms with Gasteiger partial charge in [0.1, 0.15) is 5.70 Å². The van der Waals surface area contributed by atoms with Crippen molar-refractivity contribution in [2.75, 3.05) is 11.6 Å². The predicted octanol–water partition coefficient (Wildman–Crippen LogP) is 5.58. The third kappa shape index (κ3) is 2.05. The van der Waals surface area contributed by atoms with E-state index in [0.29, 0.717) is 6.73 Å². The Labute approximate surface area is 145 Å². The highest BCUT2D eigenvalue weighted by Crippen LogP contribution is 2.50. The molecule has 0 bridgehead atoms. The van der Waals surface area contributed by atoms with Crippen molar-refractivity contribution in [3.63, 3.8) is 0 Å². The zero-order chi connectivity index (χ0) is 15.9. The van der Waals surface area contributed by atoms with Gasteiger partial charge in [0.2, 0.25) is 0 Å². The summed E-state index contributed by atoms with van der Waals surface area (Å²) in [5.74, 6) is 0. The van der Waals surface area contributed by atoms with Gasteiger partial charge in [0.15, 0.2) is 11.8 Å². The number of anilines is 1. The molecule has 2 nitrogen and oxygen atoms in total. The van der Waals surface area contributed by atoms with E-state index >= 15 is 0 Å². The number of thioether (sulfide) groups is 1. The van der Waals surface area contributed by atoms with E-state index in [9.17, 15) is 0 Å². The molecule has 2 aliphatic rings. The van der Waals surface area contributed by atoms with Crippen LogP contribution in [0.4, 0.5) is 5.69 Å². The zero-order valence-corrected chi connectivity index (χ0v) is 13.8. The molecular formula is C21H15NOS. The van der Waals surface area contributed by atoms with Gasteiger partial charge in [0.05, 0.1) is 5.69 Å². The van der Waals surface area contributed by atoms with Crippen molar-refractivity contribution in [1.82, 2.24) is 0 Å². The smallest absolute Gasteiger partial charge is 0.185 e. The molecule has 0 amide bonds. The van der Waals surface area contributed by atoms with Crippen molar-refractivity contribution in [2.24, 2.45) is 0 Å². The minimum atomic E-state index is 0.565. The second-order valence-corrected chi connectivity index (χ2v) is 6.86. The van der Waals surface area contributed by atoms with E-state index < -0.39 is 0 Å². The summed E-state index contributed by atoms with van der Waals surface area (Å²) < 4.78 is 6.09. The van der Waals surface area contributed by atoms with Crippen molar-refractivity contribution in [2.45, 2.75) is 4.90 Å². The van der Waals surface area contributed by atoms with Crippen molar-refractivity contribution in [3.05, 3.63) is 89.5 Å². The SMILES string of the molecule is c1ccc(SC2=C3c4ccccc4-c4ccccc4N3CO2)cc1. The van der Waals surface area contributed by atoms with Crippen molar-refractivity contribution < 1.29 is 4.74 Å². The molecule has 0 atom stereocenters. The number of benzene rings is 3. The van der Waals surface area contributed by atoms with Crippen molar-refractivity contribution >= 4 is 23.1 Å². The van der Waals surface area contributed by atoms with E-state index in [2.05, 4.69) is 77.7 Å². The van der Waals surface area contributed by atoms with Gasteiger partial charge in [-0.3, -0.25) is 0 Å². The Morgan fingerprint density at radius 1 is 0.708 bits per heavy atom. The maximum atomic E-state index is 6.09. The number of ether oxygens (including phenoxy) is 1. The van der Waals surface area contributed by atoms with Crippen LogP contribution in [0.5, 0.6) is 0 Å². The molecule has 2 aliphatic heterocycles. The van der Waals surface area contributed by atoms with Gasteiger partial charge in [-0.05, 0) is 23.8 Å². The highest BCUT2D eigenvalue weighted by Gasteiger charge is 2.34. The fourth-order valence-corrected chi connectivity index (χ4v) is 4.28. The van der Waals surface area contributed by atoms with Crippen LogP contribution in [0.1, 0.15) is 5.56 Å². The molecule has 5 rings (SSSR count). The van der Waals surface area contributed by atoms with E-state index in [1.807, 2.05) is 6.07 Å². The second-order valence-electron chi connectivity index (χ2n) is 5.82. The lowest BCUT2D eigenvalue weighted by atomic mass is 9.92. The zero-order valence-electron chi connectivity index (χ0n) is 13.0. The Balaban J connectivity index is 1.70. The van der Waals surface area contributed by atoms with Gasteiger partial charge in [0, 0.05) is 16.0 Å². The summed E-state index contributed by atoms with van der Waals surface area (Å²) in [7, 11) is 0. The molecule has 0 saturated carbocycles. The summed E-state index contributed by atoms with van der Waals surface area (Å²) in [6, 6.07) is 27.5. The summed E-state index contributed by atoms with van der Waals surface area (Å²) in [5.41, 5.74) is 6.18. The normalized spacial score (nSPS) is 14.8. The fraction of sp³-hybridized carbons (Fsp3) is 0.0476. The van der Waals surface area contributed by atoms with E-state index in [1.54, 1.807) is 11.8 Å². The standard InChI is InChI=1S/C21H15NOS/c1-2-8-15(9-3-1)24-21-20-18-12-5-4-10-16(18)17-11-6-7-13-19(17)22(20)14-23-21/h1-13H,14H2. The molecule has 2 heterocycles. The van der Waals surface area contributed by atoms with E-state index in [0.717, 1.165) is 5.09 Å². The van der Waals surface area contributed by atoms with Gasteiger partial charge in [-0.15, -0.1) is 0 Å². The third-order valence-electron chi connectivity index (χ3n) is 4.41. The van der Waals surface area contributed by atoms with Gasteiger partial charge in [-0.1, -0.05) is 72.4 Å². The Hall–Kier alpha value is -2.65. The van der Waals surface area contributed by atoms with Gasteiger partial charge >= 0.3 is 0 Å². The first-order valence-electron chi connectivity index (χ1n) is 7.98. The average molecular weight is 329 g/mol. The van der Waals surface area contributed by atoms with Crippen LogP contribution >= 0.6 is 11.8 Å². The molecule has 0 aromatic heterocycles. The molecule has 0 spiro atoms. The Morgan fingerprint density at radius 2 is 1.38 bits per heavy atom. The first kappa shape index (κ1) is 13.8. The molecule has 116 valence electrons. The highest BCUT2D eigenvalue weighted by atomic mass is 32.2. The molecule has 0 saturated heterocycles. The van der Waals surface area contributed by atoms with Crippen LogP contribution in [0.25, 0.3) is 16.8 Å². The van der Waals surface area contributed by atoms with Gasteiger partial charge in [0.25, 0.3) is 0 Å². The maximum Gasteiger partial charge on any atom is 0.185 e. The maximum absolute atomic E-state index is 6.09. The topological polar surface area (TPSA) is 12.5 Å². The molecule has 3 aromatic rings. The Bertz CT molecular complexity index is 949. The first-order valence-corrected chi connectivity index (χ1v) is 8.80. The quantitative estimate of drug-likeness (QED) is 0.609. The van der Waals surface area contributed by atoms with Crippen molar-refractivity contribution in [3.8, 4) is 11.1 Å². The monoisotopic (exact) mass is 329 g/mol. The van der Waals surface area contributed by atoms with Crippen LogP contribution in [-0.2, 0) is 4.74 Å². The number of rotatable bonds is 2. The van der Waals surface area contributed by atoms with Gasteiger partial charge in [-0.25, -0.2) is 0 Å². The number of nitrogens with zero attached hydrogens (tertiary/aromatic N) is 1. The predicted molar refractivity (Wildman–Crippen MR) is 99.5 cm³/mol. The third-order valence-corrected chi connectivity index (χ3v) is 5.41. The minimum absolute atomic E-state index is 0.565. The Morgan fingerprint density at radius 3 is 2.21 bits per heavy atom. The van der Waals surface area contributed by atoms with Crippen LogP contribution in [0.3, 0.4) is 0 Å². The summed E-state index contributed by atoms with van der Waals surface area (Å²) >= 11 is 1.69. The van der Waals surface area contributed by atoms with Crippen LogP contribution in [0.2, 0.25) is 0 Å². The number of fused-ring (bicyclic) bond motifs is 6. The summed E-state index contributed by atoms with van der Waals surface area (Å²) in [6.45, 7) is 0.565. The second kappa shape index (κ2) is 5.46. The van der Waals surface area contributed by atoms with Gasteiger partial charge in [-0.2, -0.15) is 0 Å². The summed E-state index contributed by atoms with van der Waals surface area (Å²) in [6.07, 6.45) is 0. The van der Waals surface area contributed by atoms with Crippen LogP contribution in [0.15, 0.2) is 88.8 Å². The number of hydrogen-bond acceptors (Lipinski definition) is 3. The number of para-hydroxylation sites is 1. The minimum Gasteiger partial charge on any atom is -0.464 e. The van der Waals surface area contributed by atoms with Crippen molar-refractivity contribution in [1.29, 1.82) is 0 Å². The van der Waals surface area contributed by atoms with Gasteiger partial charge < -0.3 is 9.64 Å². The van der Waals surface area contributed by atoms with Crippen LogP contribution in [-0.4, -0.2) is 6.73 Å². The molecule has 3 aromatic carbocycles. The molecule has 0 radical (unpaired) electrons. The molecule has 0 aliphatic carbocycles. The lowest BCUT2D eigenvalue weighted by Gasteiger charge is -2.29. The molecular weight excluding hydrogens is 314 g/mol. The molecule has 0 N–H and O–H groups in total. The van der Waals surface area contributed by atoms with E-state index in [-0.39, 0.29) is 0 Å². The number of hydrogen-bond donors (Lipinski definition) is 0. The highest BCUT2D eigenvalue weighted by molar-refractivity contribution is 8.03. The largest absolute Gasteiger partial charge is 0.464 e. The first-order chi connectivity index (χ1) is 11.9. The molecule has 0 fully saturated rings. The average Bonchev–Trinajstić information content (AvgIpc) is 3.07. The lowest BCUT2D eigenvalue weighted by Crippen LogP contribution is -2.22. The molecule has 0 unspecified atom stereocenters. The molecule has 3 heteroatoms. The fourth-order valence-electron chi connectivity index (χ4n) is 3.35.